The van der Waals surface area contributed by atoms with Crippen LogP contribution in [0.3, 0.4) is 0 Å². The van der Waals surface area contributed by atoms with Gasteiger partial charge in [-0.3, -0.25) is 4.79 Å². The van der Waals surface area contributed by atoms with E-state index >= 15 is 0 Å². The monoisotopic (exact) mass is 168 g/mol. The molecule has 68 valence electrons. The third-order valence-corrected chi connectivity index (χ3v) is 1.61. The molecule has 0 N–H and O–H groups in total. The Labute approximate surface area is 73.7 Å². The fraction of sp³-hybridized carbons (Fsp3) is 0.600. The zero-order valence-electron chi connectivity index (χ0n) is 7.64. The molecule has 0 amide bonds. The molecule has 0 saturated carbocycles. The predicted octanol–water partition coefficient (Wildman–Crippen LogP) is 2.28. The quantitative estimate of drug-likeness (QED) is 0.546. The SMILES string of the molecule is C=CCCC(=O)CCCC(C)=O. The Balaban J connectivity index is 3.31. The molecule has 0 bridgehead atoms. The summed E-state index contributed by atoms with van der Waals surface area (Å²) in [6.07, 6.45) is 4.82. The lowest BCUT2D eigenvalue weighted by Crippen LogP contribution is -1.98. The van der Waals surface area contributed by atoms with Crippen molar-refractivity contribution in [2.45, 2.75) is 39.0 Å². The molecule has 0 fully saturated rings. The van der Waals surface area contributed by atoms with Crippen LogP contribution in [0, 0.1) is 0 Å². The number of carbonyl (C=O) groups is 2. The lowest BCUT2D eigenvalue weighted by Gasteiger charge is -1.96. The van der Waals surface area contributed by atoms with E-state index in [1.54, 1.807) is 13.0 Å². The van der Waals surface area contributed by atoms with E-state index in [0.29, 0.717) is 25.7 Å². The van der Waals surface area contributed by atoms with Crippen molar-refractivity contribution in [3.8, 4) is 0 Å². The van der Waals surface area contributed by atoms with Gasteiger partial charge in [0.15, 0.2) is 0 Å². The molecule has 0 atom stereocenters. The first-order valence-corrected chi connectivity index (χ1v) is 4.29. The van der Waals surface area contributed by atoms with Crippen LogP contribution in [0.25, 0.3) is 0 Å². The molecule has 0 spiro atoms. The second kappa shape index (κ2) is 6.77. The van der Waals surface area contributed by atoms with Crippen molar-refractivity contribution in [1.29, 1.82) is 0 Å². The van der Waals surface area contributed by atoms with Gasteiger partial charge in [-0.1, -0.05) is 6.08 Å². The second-order valence-electron chi connectivity index (χ2n) is 2.92. The van der Waals surface area contributed by atoms with Crippen LogP contribution in [-0.2, 0) is 9.59 Å². The van der Waals surface area contributed by atoms with E-state index in [1.165, 1.54) is 0 Å². The van der Waals surface area contributed by atoms with E-state index in [-0.39, 0.29) is 11.6 Å². The van der Waals surface area contributed by atoms with Crippen LogP contribution in [0.1, 0.15) is 39.0 Å². The summed E-state index contributed by atoms with van der Waals surface area (Å²) in [6, 6.07) is 0. The molecule has 0 aliphatic carbocycles. The van der Waals surface area contributed by atoms with Gasteiger partial charge in [0.1, 0.15) is 11.6 Å². The predicted molar refractivity (Wildman–Crippen MR) is 49.0 cm³/mol. The standard InChI is InChI=1S/C10H16O2/c1-3-4-7-10(12)8-5-6-9(2)11/h3H,1,4-8H2,2H3. The summed E-state index contributed by atoms with van der Waals surface area (Å²) in [5.41, 5.74) is 0. The molecule has 12 heavy (non-hydrogen) atoms. The van der Waals surface area contributed by atoms with Crippen LogP contribution in [0.4, 0.5) is 0 Å². The Bertz CT molecular complexity index is 171. The summed E-state index contributed by atoms with van der Waals surface area (Å²) in [6.45, 7) is 5.08. The first-order chi connectivity index (χ1) is 5.66. The smallest absolute Gasteiger partial charge is 0.133 e. The average molecular weight is 168 g/mol. The lowest BCUT2D eigenvalue weighted by atomic mass is 10.1. The highest BCUT2D eigenvalue weighted by atomic mass is 16.1. The van der Waals surface area contributed by atoms with Crippen LogP contribution < -0.4 is 0 Å². The Morgan fingerprint density at radius 3 is 2.42 bits per heavy atom. The van der Waals surface area contributed by atoms with Crippen molar-refractivity contribution < 1.29 is 9.59 Å². The molecule has 2 heteroatoms. The highest BCUT2D eigenvalue weighted by molar-refractivity contribution is 5.80. The van der Waals surface area contributed by atoms with Gasteiger partial charge in [0.05, 0.1) is 0 Å². The Kier molecular flexibility index (Phi) is 6.25. The van der Waals surface area contributed by atoms with Gasteiger partial charge in [-0.15, -0.1) is 6.58 Å². The Hall–Kier alpha value is -0.920. The van der Waals surface area contributed by atoms with Crippen molar-refractivity contribution in [2.75, 3.05) is 0 Å². The number of rotatable bonds is 7. The maximum absolute atomic E-state index is 11.0. The van der Waals surface area contributed by atoms with Gasteiger partial charge in [0.25, 0.3) is 0 Å². The molecule has 0 saturated heterocycles. The first kappa shape index (κ1) is 11.1. The van der Waals surface area contributed by atoms with E-state index in [9.17, 15) is 9.59 Å². The second-order valence-corrected chi connectivity index (χ2v) is 2.92. The van der Waals surface area contributed by atoms with Crippen LogP contribution >= 0.6 is 0 Å². The van der Waals surface area contributed by atoms with Gasteiger partial charge in [0, 0.05) is 19.3 Å². The summed E-state index contributed by atoms with van der Waals surface area (Å²) >= 11 is 0. The number of Topliss-reactive ketones (excluding diaryl/α,β-unsaturated/α-hetero) is 2. The summed E-state index contributed by atoms with van der Waals surface area (Å²) in [4.78, 5) is 21.5. The van der Waals surface area contributed by atoms with Crippen molar-refractivity contribution in [2.24, 2.45) is 0 Å². The van der Waals surface area contributed by atoms with Crippen molar-refractivity contribution in [3.05, 3.63) is 12.7 Å². The number of hydrogen-bond acceptors (Lipinski definition) is 2. The van der Waals surface area contributed by atoms with Crippen LogP contribution in [0.5, 0.6) is 0 Å². The van der Waals surface area contributed by atoms with Gasteiger partial charge >= 0.3 is 0 Å². The minimum Gasteiger partial charge on any atom is -0.300 e. The molecule has 0 radical (unpaired) electrons. The van der Waals surface area contributed by atoms with E-state index in [1.807, 2.05) is 0 Å². The number of allylic oxidation sites excluding steroid dienone is 1. The van der Waals surface area contributed by atoms with Crippen molar-refractivity contribution >= 4 is 11.6 Å². The number of carbonyl (C=O) groups excluding carboxylic acids is 2. The van der Waals surface area contributed by atoms with Crippen LogP contribution in [0.2, 0.25) is 0 Å². The normalized spacial score (nSPS) is 9.42. The van der Waals surface area contributed by atoms with Gasteiger partial charge in [-0.25, -0.2) is 0 Å². The first-order valence-electron chi connectivity index (χ1n) is 4.29. The van der Waals surface area contributed by atoms with E-state index in [4.69, 9.17) is 0 Å². The third kappa shape index (κ3) is 7.19. The highest BCUT2D eigenvalue weighted by Gasteiger charge is 2.01. The summed E-state index contributed by atoms with van der Waals surface area (Å²) < 4.78 is 0. The van der Waals surface area contributed by atoms with Gasteiger partial charge in [-0.05, 0) is 19.8 Å². The average Bonchev–Trinajstić information content (AvgIpc) is 2.00. The summed E-state index contributed by atoms with van der Waals surface area (Å²) in [5, 5.41) is 0. The number of hydrogen-bond donors (Lipinski definition) is 0. The summed E-state index contributed by atoms with van der Waals surface area (Å²) in [5.74, 6) is 0.391. The maximum atomic E-state index is 11.0. The maximum Gasteiger partial charge on any atom is 0.133 e. The van der Waals surface area contributed by atoms with Gasteiger partial charge in [0.2, 0.25) is 0 Å². The van der Waals surface area contributed by atoms with Crippen molar-refractivity contribution in [3.63, 3.8) is 0 Å². The topological polar surface area (TPSA) is 34.1 Å². The van der Waals surface area contributed by atoms with E-state index < -0.39 is 0 Å². The zero-order valence-corrected chi connectivity index (χ0v) is 7.64. The molecule has 0 aliphatic rings. The molecule has 0 aromatic heterocycles. The summed E-state index contributed by atoms with van der Waals surface area (Å²) in [7, 11) is 0. The lowest BCUT2D eigenvalue weighted by molar-refractivity contribution is -0.119. The fourth-order valence-electron chi connectivity index (χ4n) is 0.923. The largest absolute Gasteiger partial charge is 0.300 e. The van der Waals surface area contributed by atoms with Crippen LogP contribution in [-0.4, -0.2) is 11.6 Å². The molecule has 0 aromatic rings. The third-order valence-electron chi connectivity index (χ3n) is 1.61. The Morgan fingerprint density at radius 2 is 1.92 bits per heavy atom. The molecule has 0 heterocycles. The Morgan fingerprint density at radius 1 is 1.25 bits per heavy atom. The molecule has 0 aliphatic heterocycles. The molecular weight excluding hydrogens is 152 g/mol. The molecule has 0 rings (SSSR count). The number of ketones is 2. The van der Waals surface area contributed by atoms with Crippen molar-refractivity contribution in [1.82, 2.24) is 0 Å². The minimum atomic E-state index is 0.159. The van der Waals surface area contributed by atoms with E-state index in [0.717, 1.165) is 6.42 Å². The molecule has 0 unspecified atom stereocenters. The van der Waals surface area contributed by atoms with Gasteiger partial charge < -0.3 is 4.79 Å². The molecule has 2 nitrogen and oxygen atoms in total. The molecule has 0 aromatic carbocycles. The van der Waals surface area contributed by atoms with Crippen LogP contribution in [0.15, 0.2) is 12.7 Å². The van der Waals surface area contributed by atoms with E-state index in [2.05, 4.69) is 6.58 Å². The molecular formula is C10H16O2. The highest BCUT2D eigenvalue weighted by Crippen LogP contribution is 2.02. The fourth-order valence-corrected chi connectivity index (χ4v) is 0.923. The van der Waals surface area contributed by atoms with Gasteiger partial charge in [-0.2, -0.15) is 0 Å². The zero-order chi connectivity index (χ0) is 9.40. The minimum absolute atomic E-state index is 0.159.